The fourth-order valence-electron chi connectivity index (χ4n) is 1.98. The maximum Gasteiger partial charge on any atom is 0.141 e. The van der Waals surface area contributed by atoms with Crippen molar-refractivity contribution in [3.8, 4) is 18.1 Å². The minimum absolute atomic E-state index is 0.235. The molecule has 3 nitrogen and oxygen atoms in total. The zero-order chi connectivity index (χ0) is 14.4. The molecule has 1 aromatic heterocycles. The molecular weight excluding hydrogens is 268 g/mol. The van der Waals surface area contributed by atoms with E-state index in [0.29, 0.717) is 18.1 Å². The lowest BCUT2D eigenvalue weighted by atomic mass is 10.1. The smallest absolute Gasteiger partial charge is 0.141 e. The summed E-state index contributed by atoms with van der Waals surface area (Å²) < 4.78 is 0. The van der Waals surface area contributed by atoms with Crippen LogP contribution in [0.4, 0.5) is 0 Å². The number of hydrogen-bond donors (Lipinski definition) is 2. The molecule has 0 bridgehead atoms. The maximum absolute atomic E-state index is 9.81. The number of phenols is 1. The molecule has 0 saturated carbocycles. The van der Waals surface area contributed by atoms with E-state index in [-0.39, 0.29) is 5.75 Å². The van der Waals surface area contributed by atoms with Crippen molar-refractivity contribution in [1.29, 1.82) is 0 Å². The second-order valence-corrected chi connectivity index (χ2v) is 5.67. The zero-order valence-electron chi connectivity index (χ0n) is 11.5. The van der Waals surface area contributed by atoms with E-state index in [1.165, 1.54) is 5.56 Å². The number of hydrogen-bond acceptors (Lipinski definition) is 4. The largest absolute Gasteiger partial charge is 0.506 e. The lowest BCUT2D eigenvalue weighted by molar-refractivity contribution is 0.480. The maximum atomic E-state index is 9.81. The zero-order valence-corrected chi connectivity index (χ0v) is 12.3. The number of fused-ring (bicyclic) bond motifs is 1. The van der Waals surface area contributed by atoms with Gasteiger partial charge in [-0.2, -0.15) is 11.8 Å². The summed E-state index contributed by atoms with van der Waals surface area (Å²) >= 11 is 1.85. The Hall–Kier alpha value is -1.70. The van der Waals surface area contributed by atoms with Crippen molar-refractivity contribution in [3.63, 3.8) is 0 Å². The van der Waals surface area contributed by atoms with E-state index in [2.05, 4.69) is 23.1 Å². The first kappa shape index (κ1) is 14.7. The van der Waals surface area contributed by atoms with Gasteiger partial charge in [0.25, 0.3) is 0 Å². The van der Waals surface area contributed by atoms with Gasteiger partial charge in [0.1, 0.15) is 11.3 Å². The Morgan fingerprint density at radius 2 is 2.30 bits per heavy atom. The monoisotopic (exact) mass is 286 g/mol. The molecule has 1 unspecified atom stereocenters. The van der Waals surface area contributed by atoms with E-state index < -0.39 is 0 Å². The minimum atomic E-state index is 0.235. The molecule has 2 N–H and O–H groups in total. The first-order valence-corrected chi connectivity index (χ1v) is 7.68. The Labute approximate surface area is 123 Å². The Morgan fingerprint density at radius 1 is 1.45 bits per heavy atom. The Bertz CT molecular complexity index is 621. The number of terminal acetylenes is 1. The van der Waals surface area contributed by atoms with Gasteiger partial charge in [0, 0.05) is 29.1 Å². The number of pyridine rings is 1. The third-order valence-corrected chi connectivity index (χ3v) is 4.27. The summed E-state index contributed by atoms with van der Waals surface area (Å²) in [5.74, 6) is 4.70. The second kappa shape index (κ2) is 7.18. The van der Waals surface area contributed by atoms with Crippen LogP contribution in [0.1, 0.15) is 12.5 Å². The molecule has 2 aromatic rings. The SMILES string of the molecule is C#CCNC(C)CSCc1ccc(O)c2ncccc12. The van der Waals surface area contributed by atoms with Crippen molar-refractivity contribution in [2.45, 2.75) is 18.7 Å². The van der Waals surface area contributed by atoms with Crippen molar-refractivity contribution < 1.29 is 5.11 Å². The number of phenolic OH excluding ortho intramolecular Hbond substituents is 1. The molecule has 0 aliphatic rings. The fraction of sp³-hybridized carbons (Fsp3) is 0.312. The minimum Gasteiger partial charge on any atom is -0.506 e. The molecule has 4 heteroatoms. The molecule has 20 heavy (non-hydrogen) atoms. The van der Waals surface area contributed by atoms with Crippen LogP contribution < -0.4 is 5.32 Å². The summed E-state index contributed by atoms with van der Waals surface area (Å²) in [5.41, 5.74) is 1.86. The molecule has 1 heterocycles. The molecule has 0 spiro atoms. The van der Waals surface area contributed by atoms with Crippen LogP contribution >= 0.6 is 11.8 Å². The summed E-state index contributed by atoms with van der Waals surface area (Å²) in [5, 5.41) is 14.1. The standard InChI is InChI=1S/C16H18N2OS/c1-3-8-17-12(2)10-20-11-13-6-7-15(19)16-14(13)5-4-9-18-16/h1,4-7,9,12,17,19H,8,10-11H2,2H3. The topological polar surface area (TPSA) is 45.1 Å². The number of aromatic hydroxyl groups is 1. The van der Waals surface area contributed by atoms with E-state index >= 15 is 0 Å². The summed E-state index contributed by atoms with van der Waals surface area (Å²) in [7, 11) is 0. The van der Waals surface area contributed by atoms with Gasteiger partial charge in [0.15, 0.2) is 0 Å². The van der Waals surface area contributed by atoms with Crippen LogP contribution in [0, 0.1) is 12.3 Å². The van der Waals surface area contributed by atoms with Gasteiger partial charge < -0.3 is 10.4 Å². The summed E-state index contributed by atoms with van der Waals surface area (Å²) in [6, 6.07) is 7.96. The van der Waals surface area contributed by atoms with Gasteiger partial charge in [0.05, 0.1) is 6.54 Å². The van der Waals surface area contributed by atoms with Crippen LogP contribution in [-0.4, -0.2) is 28.4 Å². The number of nitrogens with zero attached hydrogens (tertiary/aromatic N) is 1. The van der Waals surface area contributed by atoms with Crippen LogP contribution in [0.3, 0.4) is 0 Å². The molecule has 104 valence electrons. The lowest BCUT2D eigenvalue weighted by Crippen LogP contribution is -2.28. The van der Waals surface area contributed by atoms with Crippen LogP contribution in [-0.2, 0) is 5.75 Å². The molecule has 1 aromatic carbocycles. The number of benzene rings is 1. The van der Waals surface area contributed by atoms with E-state index in [9.17, 15) is 5.11 Å². The highest BCUT2D eigenvalue weighted by Crippen LogP contribution is 2.28. The molecule has 0 aliphatic heterocycles. The van der Waals surface area contributed by atoms with Gasteiger partial charge in [-0.15, -0.1) is 6.42 Å². The molecule has 0 saturated heterocycles. The molecule has 2 rings (SSSR count). The predicted molar refractivity (Wildman–Crippen MR) is 85.9 cm³/mol. The number of thioether (sulfide) groups is 1. The van der Waals surface area contributed by atoms with E-state index in [0.717, 1.165) is 16.9 Å². The van der Waals surface area contributed by atoms with Gasteiger partial charge in [0.2, 0.25) is 0 Å². The van der Waals surface area contributed by atoms with Crippen molar-refractivity contribution in [1.82, 2.24) is 10.3 Å². The Balaban J connectivity index is 2.00. The van der Waals surface area contributed by atoms with Gasteiger partial charge >= 0.3 is 0 Å². The quantitative estimate of drug-likeness (QED) is 0.802. The van der Waals surface area contributed by atoms with E-state index in [1.807, 2.05) is 30.0 Å². The highest BCUT2D eigenvalue weighted by molar-refractivity contribution is 7.98. The first-order valence-electron chi connectivity index (χ1n) is 6.52. The Kier molecular flexibility index (Phi) is 5.28. The number of nitrogens with one attached hydrogen (secondary N) is 1. The van der Waals surface area contributed by atoms with E-state index in [4.69, 9.17) is 6.42 Å². The van der Waals surface area contributed by atoms with Crippen molar-refractivity contribution in [3.05, 3.63) is 36.0 Å². The molecular formula is C16H18N2OS. The van der Waals surface area contributed by atoms with Gasteiger partial charge in [-0.1, -0.05) is 18.1 Å². The Morgan fingerprint density at radius 3 is 3.10 bits per heavy atom. The van der Waals surface area contributed by atoms with Crippen molar-refractivity contribution in [2.75, 3.05) is 12.3 Å². The van der Waals surface area contributed by atoms with Crippen molar-refractivity contribution in [2.24, 2.45) is 0 Å². The highest BCUT2D eigenvalue weighted by atomic mass is 32.2. The number of aromatic nitrogens is 1. The molecule has 0 amide bonds. The average molecular weight is 286 g/mol. The third-order valence-electron chi connectivity index (χ3n) is 3.02. The van der Waals surface area contributed by atoms with Gasteiger partial charge in [-0.3, -0.25) is 4.98 Å². The van der Waals surface area contributed by atoms with Crippen LogP contribution in [0.5, 0.6) is 5.75 Å². The molecule has 0 aliphatic carbocycles. The summed E-state index contributed by atoms with van der Waals surface area (Å²) in [6.45, 7) is 2.73. The molecule has 1 atom stereocenters. The van der Waals surface area contributed by atoms with Crippen molar-refractivity contribution >= 4 is 22.7 Å². The van der Waals surface area contributed by atoms with Crippen LogP contribution in [0.25, 0.3) is 10.9 Å². The summed E-state index contributed by atoms with van der Waals surface area (Å²) in [6.07, 6.45) is 6.92. The second-order valence-electron chi connectivity index (χ2n) is 4.64. The first-order chi connectivity index (χ1) is 9.72. The highest BCUT2D eigenvalue weighted by Gasteiger charge is 2.07. The van der Waals surface area contributed by atoms with Crippen LogP contribution in [0.2, 0.25) is 0 Å². The fourth-order valence-corrected chi connectivity index (χ4v) is 3.04. The molecule has 0 fully saturated rings. The number of rotatable bonds is 6. The van der Waals surface area contributed by atoms with Crippen LogP contribution in [0.15, 0.2) is 30.5 Å². The van der Waals surface area contributed by atoms with Gasteiger partial charge in [-0.25, -0.2) is 0 Å². The van der Waals surface area contributed by atoms with Gasteiger partial charge in [-0.05, 0) is 24.6 Å². The third kappa shape index (κ3) is 3.66. The summed E-state index contributed by atoms with van der Waals surface area (Å²) in [4.78, 5) is 4.23. The molecule has 0 radical (unpaired) electrons. The van der Waals surface area contributed by atoms with E-state index in [1.54, 1.807) is 12.3 Å². The lowest BCUT2D eigenvalue weighted by Gasteiger charge is -2.12. The normalized spacial score (nSPS) is 12.2. The predicted octanol–water partition coefficient (Wildman–Crippen LogP) is 2.78. The average Bonchev–Trinajstić information content (AvgIpc) is 2.48.